The third-order valence-electron chi connectivity index (χ3n) is 4.92. The number of ether oxygens (including phenoxy) is 1. The molecule has 1 aromatic carbocycles. The van der Waals surface area contributed by atoms with E-state index in [9.17, 15) is 9.59 Å². The number of hydrogen-bond donors (Lipinski definition) is 0. The molecule has 0 aliphatic heterocycles. The van der Waals surface area contributed by atoms with Gasteiger partial charge in [0.1, 0.15) is 17.9 Å². The molecule has 0 saturated carbocycles. The number of pyridine rings is 2. The Hall–Kier alpha value is -4.26. The highest BCUT2D eigenvalue weighted by molar-refractivity contribution is 6.04. The van der Waals surface area contributed by atoms with Gasteiger partial charge in [-0.1, -0.05) is 24.3 Å². The lowest BCUT2D eigenvalue weighted by Gasteiger charge is -2.09. The Labute approximate surface area is 176 Å². The maximum Gasteiger partial charge on any atom is 0.339 e. The normalized spacial score (nSPS) is 11.1. The SMILES string of the molecule is Cc1ccc2nc(COC(=O)c3cc(-c4ccco4)nc4ccccc34)cc(=O)n2c1. The fourth-order valence-corrected chi connectivity index (χ4v) is 3.44. The summed E-state index contributed by atoms with van der Waals surface area (Å²) in [4.78, 5) is 34.3. The zero-order valence-corrected chi connectivity index (χ0v) is 16.6. The number of rotatable bonds is 4. The van der Waals surface area contributed by atoms with Gasteiger partial charge in [0.25, 0.3) is 5.56 Å². The minimum atomic E-state index is -0.530. The van der Waals surface area contributed by atoms with Crippen LogP contribution in [-0.2, 0) is 11.3 Å². The molecule has 0 amide bonds. The molecular formula is C24H17N3O4. The number of aromatic nitrogens is 3. The van der Waals surface area contributed by atoms with Crippen molar-refractivity contribution in [2.24, 2.45) is 0 Å². The van der Waals surface area contributed by atoms with Crippen LogP contribution < -0.4 is 5.56 Å². The molecule has 5 rings (SSSR count). The third kappa shape index (κ3) is 3.57. The van der Waals surface area contributed by atoms with Crippen molar-refractivity contribution in [3.05, 3.63) is 100 Å². The van der Waals surface area contributed by atoms with Crippen LogP contribution in [0.4, 0.5) is 0 Å². The Morgan fingerprint density at radius 3 is 2.77 bits per heavy atom. The first-order valence-electron chi connectivity index (χ1n) is 9.68. The molecule has 0 unspecified atom stereocenters. The zero-order chi connectivity index (χ0) is 21.4. The number of benzene rings is 1. The number of hydrogen-bond acceptors (Lipinski definition) is 6. The maximum atomic E-state index is 13.0. The smallest absolute Gasteiger partial charge is 0.339 e. The summed E-state index contributed by atoms with van der Waals surface area (Å²) in [5.41, 5.74) is 3.16. The summed E-state index contributed by atoms with van der Waals surface area (Å²) in [5, 5.41) is 0.671. The average Bonchev–Trinajstić information content (AvgIpc) is 3.32. The lowest BCUT2D eigenvalue weighted by Crippen LogP contribution is -2.17. The van der Waals surface area contributed by atoms with Crippen molar-refractivity contribution in [2.45, 2.75) is 13.5 Å². The Bertz CT molecular complexity index is 1490. The molecule has 31 heavy (non-hydrogen) atoms. The zero-order valence-electron chi connectivity index (χ0n) is 16.6. The minimum Gasteiger partial charge on any atom is -0.463 e. The van der Waals surface area contributed by atoms with Crippen LogP contribution in [0.1, 0.15) is 21.6 Å². The summed E-state index contributed by atoms with van der Waals surface area (Å²) in [6.07, 6.45) is 3.27. The first kappa shape index (κ1) is 18.7. The van der Waals surface area contributed by atoms with E-state index in [4.69, 9.17) is 9.15 Å². The molecule has 0 bridgehead atoms. The highest BCUT2D eigenvalue weighted by Crippen LogP contribution is 2.26. The van der Waals surface area contributed by atoms with E-state index >= 15 is 0 Å². The van der Waals surface area contributed by atoms with Crippen LogP contribution in [-0.4, -0.2) is 20.3 Å². The summed E-state index contributed by atoms with van der Waals surface area (Å²) < 4.78 is 12.4. The van der Waals surface area contributed by atoms with E-state index in [1.54, 1.807) is 36.7 Å². The van der Waals surface area contributed by atoms with E-state index in [1.165, 1.54) is 10.5 Å². The largest absolute Gasteiger partial charge is 0.463 e. The van der Waals surface area contributed by atoms with Crippen LogP contribution in [0.3, 0.4) is 0 Å². The van der Waals surface area contributed by atoms with Gasteiger partial charge >= 0.3 is 5.97 Å². The van der Waals surface area contributed by atoms with Gasteiger partial charge in [-0.05, 0) is 42.8 Å². The van der Waals surface area contributed by atoms with E-state index in [-0.39, 0.29) is 12.2 Å². The van der Waals surface area contributed by atoms with Gasteiger partial charge in [0.05, 0.1) is 23.0 Å². The summed E-state index contributed by atoms with van der Waals surface area (Å²) >= 11 is 0. The van der Waals surface area contributed by atoms with E-state index in [0.29, 0.717) is 39.3 Å². The molecular weight excluding hydrogens is 394 g/mol. The highest BCUT2D eigenvalue weighted by Gasteiger charge is 2.17. The average molecular weight is 411 g/mol. The number of carbonyl (C=O) groups excluding carboxylic acids is 1. The van der Waals surface area contributed by atoms with Crippen LogP contribution >= 0.6 is 0 Å². The van der Waals surface area contributed by atoms with Crippen LogP contribution in [0.2, 0.25) is 0 Å². The van der Waals surface area contributed by atoms with Gasteiger partial charge in [0, 0.05) is 17.6 Å². The van der Waals surface area contributed by atoms with Gasteiger partial charge in [0.2, 0.25) is 0 Å². The summed E-state index contributed by atoms with van der Waals surface area (Å²) in [6, 6.07) is 17.5. The van der Waals surface area contributed by atoms with Gasteiger partial charge in [-0.2, -0.15) is 0 Å². The van der Waals surface area contributed by atoms with E-state index < -0.39 is 5.97 Å². The third-order valence-corrected chi connectivity index (χ3v) is 4.92. The van der Waals surface area contributed by atoms with Crippen molar-refractivity contribution in [3.8, 4) is 11.5 Å². The fourth-order valence-electron chi connectivity index (χ4n) is 3.44. The van der Waals surface area contributed by atoms with Crippen LogP contribution in [0.25, 0.3) is 28.0 Å². The quantitative estimate of drug-likeness (QED) is 0.413. The number of para-hydroxylation sites is 1. The molecule has 0 fully saturated rings. The lowest BCUT2D eigenvalue weighted by atomic mass is 10.1. The van der Waals surface area contributed by atoms with Crippen molar-refractivity contribution in [1.29, 1.82) is 0 Å². The molecule has 0 radical (unpaired) electrons. The highest BCUT2D eigenvalue weighted by atomic mass is 16.5. The van der Waals surface area contributed by atoms with Gasteiger partial charge in [0.15, 0.2) is 5.76 Å². The monoisotopic (exact) mass is 411 g/mol. The van der Waals surface area contributed by atoms with Gasteiger partial charge < -0.3 is 9.15 Å². The van der Waals surface area contributed by atoms with Crippen LogP contribution in [0.5, 0.6) is 0 Å². The van der Waals surface area contributed by atoms with Crippen molar-refractivity contribution >= 4 is 22.5 Å². The van der Waals surface area contributed by atoms with Crippen molar-refractivity contribution in [2.75, 3.05) is 0 Å². The molecule has 152 valence electrons. The molecule has 7 heteroatoms. The number of furan rings is 1. The number of aryl methyl sites for hydroxylation is 1. The Balaban J connectivity index is 1.47. The van der Waals surface area contributed by atoms with Crippen molar-refractivity contribution in [3.63, 3.8) is 0 Å². The molecule has 0 aliphatic rings. The molecule has 4 aromatic heterocycles. The molecule has 0 aliphatic carbocycles. The Morgan fingerprint density at radius 2 is 1.94 bits per heavy atom. The van der Waals surface area contributed by atoms with Gasteiger partial charge in [-0.25, -0.2) is 14.8 Å². The van der Waals surface area contributed by atoms with Gasteiger partial charge in [-0.15, -0.1) is 0 Å². The summed E-state index contributed by atoms with van der Waals surface area (Å²) in [5.74, 6) is 0.0247. The summed E-state index contributed by atoms with van der Waals surface area (Å²) in [7, 11) is 0. The van der Waals surface area contributed by atoms with Crippen molar-refractivity contribution < 1.29 is 13.9 Å². The van der Waals surface area contributed by atoms with Gasteiger partial charge in [-0.3, -0.25) is 9.20 Å². The second kappa shape index (κ2) is 7.53. The molecule has 5 aromatic rings. The van der Waals surface area contributed by atoms with Crippen molar-refractivity contribution in [1.82, 2.24) is 14.4 Å². The molecule has 4 heterocycles. The first-order chi connectivity index (χ1) is 15.1. The second-order valence-electron chi connectivity index (χ2n) is 7.15. The predicted molar refractivity (Wildman–Crippen MR) is 115 cm³/mol. The summed E-state index contributed by atoms with van der Waals surface area (Å²) in [6.45, 7) is 1.78. The number of esters is 1. The molecule has 0 atom stereocenters. The van der Waals surface area contributed by atoms with Crippen LogP contribution in [0.15, 0.2) is 82.3 Å². The number of carbonyl (C=O) groups is 1. The van der Waals surface area contributed by atoms with E-state index in [1.807, 2.05) is 37.3 Å². The molecule has 0 N–H and O–H groups in total. The van der Waals surface area contributed by atoms with E-state index in [2.05, 4.69) is 9.97 Å². The Kier molecular flexibility index (Phi) is 4.55. The van der Waals surface area contributed by atoms with Crippen LogP contribution in [0, 0.1) is 6.92 Å². The first-order valence-corrected chi connectivity index (χ1v) is 9.68. The molecule has 0 spiro atoms. The van der Waals surface area contributed by atoms with E-state index in [0.717, 1.165) is 5.56 Å². The topological polar surface area (TPSA) is 86.7 Å². The second-order valence-corrected chi connectivity index (χ2v) is 7.15. The number of nitrogens with zero attached hydrogens (tertiary/aromatic N) is 3. The Morgan fingerprint density at radius 1 is 1.06 bits per heavy atom. The fraction of sp³-hybridized carbons (Fsp3) is 0.0833. The molecule has 0 saturated heterocycles. The maximum absolute atomic E-state index is 13.0. The number of fused-ring (bicyclic) bond motifs is 2. The standard InChI is InChI=1S/C24H17N3O4/c1-15-8-9-22-25-16(11-23(28)27(22)13-15)14-31-24(29)18-12-20(21-7-4-10-30-21)26-19-6-3-2-5-17(18)19/h2-13H,14H2,1H3. The predicted octanol–water partition coefficient (Wildman–Crippen LogP) is 4.17. The lowest BCUT2D eigenvalue weighted by molar-refractivity contribution is 0.0470. The minimum absolute atomic E-state index is 0.120. The molecule has 7 nitrogen and oxygen atoms in total.